The van der Waals surface area contributed by atoms with E-state index in [-0.39, 0.29) is 5.92 Å². The molecule has 2 aliphatic rings. The fourth-order valence-electron chi connectivity index (χ4n) is 3.16. The van der Waals surface area contributed by atoms with Crippen LogP contribution >= 0.6 is 0 Å². The molecule has 1 aliphatic carbocycles. The van der Waals surface area contributed by atoms with Gasteiger partial charge in [-0.2, -0.15) is 0 Å². The topological polar surface area (TPSA) is 41.6 Å². The van der Waals surface area contributed by atoms with Gasteiger partial charge >= 0.3 is 0 Å². The van der Waals surface area contributed by atoms with Gasteiger partial charge in [-0.15, -0.1) is 0 Å². The van der Waals surface area contributed by atoms with E-state index in [9.17, 15) is 4.79 Å². The minimum Gasteiger partial charge on any atom is -0.381 e. The van der Waals surface area contributed by atoms with Gasteiger partial charge in [0.2, 0.25) is 5.91 Å². The van der Waals surface area contributed by atoms with Crippen molar-refractivity contribution in [1.82, 2.24) is 10.2 Å². The quantitative estimate of drug-likeness (QED) is 0.828. The van der Waals surface area contributed by atoms with Crippen LogP contribution in [0.5, 0.6) is 0 Å². The highest BCUT2D eigenvalue weighted by Gasteiger charge is 2.30. The molecule has 104 valence electrons. The fourth-order valence-corrected chi connectivity index (χ4v) is 3.16. The highest BCUT2D eigenvalue weighted by atomic mass is 16.5. The van der Waals surface area contributed by atoms with Crippen LogP contribution in [-0.4, -0.2) is 50.2 Å². The molecule has 0 aromatic rings. The molecule has 0 aromatic heterocycles. The number of nitrogens with zero attached hydrogens (tertiary/aromatic N) is 1. The first-order chi connectivity index (χ1) is 8.72. The molecular weight excluding hydrogens is 228 g/mol. The fraction of sp³-hybridized carbons (Fsp3) is 0.929. The lowest BCUT2D eigenvalue weighted by Gasteiger charge is -2.36. The third kappa shape index (κ3) is 3.23. The third-order valence-corrected chi connectivity index (χ3v) is 4.51. The Labute approximate surface area is 110 Å². The Morgan fingerprint density at radius 1 is 1.22 bits per heavy atom. The van der Waals surface area contributed by atoms with E-state index in [1.54, 1.807) is 0 Å². The SMILES string of the molecule is CNC1CCC(N(C)C(=O)C2CCCOC2)CC1. The second-order valence-electron chi connectivity index (χ2n) is 5.66. The Morgan fingerprint density at radius 3 is 2.50 bits per heavy atom. The van der Waals surface area contributed by atoms with Crippen LogP contribution in [0, 0.1) is 5.92 Å². The van der Waals surface area contributed by atoms with Crippen LogP contribution in [0.25, 0.3) is 0 Å². The van der Waals surface area contributed by atoms with E-state index in [1.807, 2.05) is 19.0 Å². The zero-order valence-corrected chi connectivity index (χ0v) is 11.7. The van der Waals surface area contributed by atoms with Crippen molar-refractivity contribution in [3.63, 3.8) is 0 Å². The lowest BCUT2D eigenvalue weighted by atomic mass is 9.89. The Morgan fingerprint density at radius 2 is 1.94 bits per heavy atom. The molecule has 18 heavy (non-hydrogen) atoms. The third-order valence-electron chi connectivity index (χ3n) is 4.51. The first-order valence-corrected chi connectivity index (χ1v) is 7.24. The van der Waals surface area contributed by atoms with E-state index in [1.165, 1.54) is 12.8 Å². The first-order valence-electron chi connectivity index (χ1n) is 7.24. The van der Waals surface area contributed by atoms with Crippen molar-refractivity contribution < 1.29 is 9.53 Å². The van der Waals surface area contributed by atoms with Gasteiger partial charge in [-0.25, -0.2) is 0 Å². The molecule has 1 N–H and O–H groups in total. The molecule has 0 radical (unpaired) electrons. The van der Waals surface area contributed by atoms with Gasteiger partial charge in [-0.1, -0.05) is 0 Å². The van der Waals surface area contributed by atoms with Crippen LogP contribution in [0.3, 0.4) is 0 Å². The van der Waals surface area contributed by atoms with Crippen LogP contribution in [0.1, 0.15) is 38.5 Å². The second-order valence-corrected chi connectivity index (χ2v) is 5.66. The van der Waals surface area contributed by atoms with E-state index in [4.69, 9.17) is 4.74 Å². The van der Waals surface area contributed by atoms with Crippen LogP contribution in [0.2, 0.25) is 0 Å². The Hall–Kier alpha value is -0.610. The van der Waals surface area contributed by atoms with Crippen LogP contribution in [0.15, 0.2) is 0 Å². The smallest absolute Gasteiger partial charge is 0.228 e. The number of hydrogen-bond acceptors (Lipinski definition) is 3. The van der Waals surface area contributed by atoms with E-state index < -0.39 is 0 Å². The summed E-state index contributed by atoms with van der Waals surface area (Å²) in [5.41, 5.74) is 0. The predicted octanol–water partition coefficient (Wildman–Crippen LogP) is 1.40. The van der Waals surface area contributed by atoms with Crippen LogP contribution in [0.4, 0.5) is 0 Å². The second kappa shape index (κ2) is 6.53. The molecule has 1 amide bonds. The largest absolute Gasteiger partial charge is 0.381 e. The van der Waals surface area contributed by atoms with E-state index in [0.717, 1.165) is 32.3 Å². The molecule has 0 aromatic carbocycles. The predicted molar refractivity (Wildman–Crippen MR) is 71.4 cm³/mol. The number of hydrogen-bond donors (Lipinski definition) is 1. The molecule has 1 aliphatic heterocycles. The highest BCUT2D eigenvalue weighted by molar-refractivity contribution is 5.79. The van der Waals surface area contributed by atoms with Crippen molar-refractivity contribution in [2.45, 2.75) is 50.6 Å². The number of carbonyl (C=O) groups is 1. The van der Waals surface area contributed by atoms with Gasteiger partial charge in [0.25, 0.3) is 0 Å². The van der Waals surface area contributed by atoms with E-state index in [0.29, 0.717) is 24.6 Å². The van der Waals surface area contributed by atoms with Crippen molar-refractivity contribution in [1.29, 1.82) is 0 Å². The maximum Gasteiger partial charge on any atom is 0.228 e. The minimum atomic E-state index is 0.103. The van der Waals surface area contributed by atoms with Gasteiger partial charge in [0, 0.05) is 25.7 Å². The molecular formula is C14H26N2O2. The maximum absolute atomic E-state index is 12.4. The van der Waals surface area contributed by atoms with Crippen molar-refractivity contribution in [2.24, 2.45) is 5.92 Å². The molecule has 1 atom stereocenters. The van der Waals surface area contributed by atoms with Gasteiger partial charge in [0.1, 0.15) is 0 Å². The first kappa shape index (κ1) is 13.8. The monoisotopic (exact) mass is 254 g/mol. The standard InChI is InChI=1S/C14H26N2O2/c1-15-12-5-7-13(8-6-12)16(2)14(17)11-4-3-9-18-10-11/h11-13,15H,3-10H2,1-2H3. The Balaban J connectivity index is 1.83. The van der Waals surface area contributed by atoms with Crippen LogP contribution < -0.4 is 5.32 Å². The number of ether oxygens (including phenoxy) is 1. The summed E-state index contributed by atoms with van der Waals surface area (Å²) in [6, 6.07) is 1.08. The zero-order chi connectivity index (χ0) is 13.0. The molecule has 1 unspecified atom stereocenters. The number of rotatable bonds is 3. The summed E-state index contributed by atoms with van der Waals surface area (Å²) < 4.78 is 5.42. The molecule has 4 heteroatoms. The summed E-state index contributed by atoms with van der Waals surface area (Å²) in [5.74, 6) is 0.397. The van der Waals surface area contributed by atoms with Gasteiger partial charge in [0.05, 0.1) is 12.5 Å². The summed E-state index contributed by atoms with van der Waals surface area (Å²) >= 11 is 0. The summed E-state index contributed by atoms with van der Waals surface area (Å²) in [6.07, 6.45) is 6.63. The normalized spacial score (nSPS) is 33.1. The van der Waals surface area contributed by atoms with Crippen molar-refractivity contribution in [2.75, 3.05) is 27.3 Å². The maximum atomic E-state index is 12.4. The van der Waals surface area contributed by atoms with E-state index in [2.05, 4.69) is 5.32 Å². The number of carbonyl (C=O) groups excluding carboxylic acids is 1. The van der Waals surface area contributed by atoms with Crippen molar-refractivity contribution in [3.8, 4) is 0 Å². The average molecular weight is 254 g/mol. The van der Waals surface area contributed by atoms with Gasteiger partial charge < -0.3 is 15.0 Å². The summed E-state index contributed by atoms with van der Waals surface area (Å²) in [6.45, 7) is 1.44. The van der Waals surface area contributed by atoms with Gasteiger partial charge in [-0.05, 0) is 45.6 Å². The highest BCUT2D eigenvalue weighted by Crippen LogP contribution is 2.25. The minimum absolute atomic E-state index is 0.103. The Bertz CT molecular complexity index is 269. The Kier molecular flexibility index (Phi) is 5.01. The summed E-state index contributed by atoms with van der Waals surface area (Å²) in [7, 11) is 4.00. The number of amides is 1. The molecule has 4 nitrogen and oxygen atoms in total. The van der Waals surface area contributed by atoms with Crippen LogP contribution in [-0.2, 0) is 9.53 Å². The number of nitrogens with one attached hydrogen (secondary N) is 1. The van der Waals surface area contributed by atoms with Crippen molar-refractivity contribution in [3.05, 3.63) is 0 Å². The molecule has 2 fully saturated rings. The molecule has 1 saturated heterocycles. The average Bonchev–Trinajstić information content (AvgIpc) is 2.47. The molecule has 2 rings (SSSR count). The zero-order valence-electron chi connectivity index (χ0n) is 11.7. The lowest BCUT2D eigenvalue weighted by molar-refractivity contribution is -0.141. The van der Waals surface area contributed by atoms with Gasteiger partial charge in [0.15, 0.2) is 0 Å². The van der Waals surface area contributed by atoms with Gasteiger partial charge in [-0.3, -0.25) is 4.79 Å². The van der Waals surface area contributed by atoms with E-state index >= 15 is 0 Å². The molecule has 0 bridgehead atoms. The molecule has 0 spiro atoms. The molecule has 1 heterocycles. The summed E-state index contributed by atoms with van der Waals surface area (Å²) in [5, 5.41) is 3.33. The molecule has 1 saturated carbocycles. The van der Waals surface area contributed by atoms with Crippen molar-refractivity contribution >= 4 is 5.91 Å². The lowest BCUT2D eigenvalue weighted by Crippen LogP contribution is -2.46. The summed E-state index contributed by atoms with van der Waals surface area (Å²) in [4.78, 5) is 14.4.